The highest BCUT2D eigenvalue weighted by Crippen LogP contribution is 2.21. The lowest BCUT2D eigenvalue weighted by molar-refractivity contribution is -0.129. The highest BCUT2D eigenvalue weighted by atomic mass is 35.5. The molecule has 1 aliphatic heterocycles. The van der Waals surface area contributed by atoms with Gasteiger partial charge in [-0.2, -0.15) is 0 Å². The van der Waals surface area contributed by atoms with E-state index in [0.717, 1.165) is 18.5 Å². The van der Waals surface area contributed by atoms with E-state index in [1.807, 2.05) is 12.1 Å². The van der Waals surface area contributed by atoms with Crippen molar-refractivity contribution >= 4 is 29.2 Å². The van der Waals surface area contributed by atoms with Gasteiger partial charge in [0.05, 0.1) is 12.6 Å². The molecule has 2 fully saturated rings. The molecule has 0 bridgehead atoms. The van der Waals surface area contributed by atoms with Crippen LogP contribution in [0.2, 0.25) is 5.02 Å². The molecule has 2 N–H and O–H groups in total. The quantitative estimate of drug-likeness (QED) is 0.861. The van der Waals surface area contributed by atoms with Crippen LogP contribution in [0, 0.1) is 0 Å². The summed E-state index contributed by atoms with van der Waals surface area (Å²) in [6.07, 6.45) is 5.47. The molecule has 1 saturated carbocycles. The Morgan fingerprint density at radius 3 is 2.64 bits per heavy atom. The zero-order valence-corrected chi connectivity index (χ0v) is 14.9. The summed E-state index contributed by atoms with van der Waals surface area (Å²) in [7, 11) is 0. The first-order chi connectivity index (χ1) is 12.1. The van der Waals surface area contributed by atoms with E-state index in [-0.39, 0.29) is 30.7 Å². The lowest BCUT2D eigenvalue weighted by atomic mass is 9.96. The molecule has 1 heterocycles. The highest BCUT2D eigenvalue weighted by Gasteiger charge is 2.28. The topological polar surface area (TPSA) is 70.7 Å². The van der Waals surface area contributed by atoms with Gasteiger partial charge in [-0.1, -0.05) is 30.9 Å². The number of carbonyl (C=O) groups excluding carboxylic acids is 2. The van der Waals surface area contributed by atoms with E-state index in [1.165, 1.54) is 19.3 Å². The molecule has 1 unspecified atom stereocenters. The van der Waals surface area contributed by atoms with Crippen molar-refractivity contribution < 1.29 is 14.3 Å². The Hall–Kier alpha value is -1.79. The molecule has 3 amide bonds. The van der Waals surface area contributed by atoms with Crippen LogP contribution in [0.5, 0.6) is 0 Å². The molecule has 1 aromatic rings. The average Bonchev–Trinajstić information content (AvgIpc) is 2.63. The van der Waals surface area contributed by atoms with Gasteiger partial charge in [0.25, 0.3) is 5.91 Å². The Morgan fingerprint density at radius 1 is 1.20 bits per heavy atom. The molecule has 0 spiro atoms. The van der Waals surface area contributed by atoms with E-state index >= 15 is 0 Å². The number of carbonyl (C=O) groups is 2. The van der Waals surface area contributed by atoms with Crippen LogP contribution in [-0.2, 0) is 9.53 Å². The molecule has 3 rings (SSSR count). The highest BCUT2D eigenvalue weighted by molar-refractivity contribution is 6.30. The molecule has 6 nitrogen and oxygen atoms in total. The largest absolute Gasteiger partial charge is 0.365 e. The predicted octanol–water partition coefficient (Wildman–Crippen LogP) is 2.70. The first kappa shape index (κ1) is 18.0. The number of ether oxygens (including phenoxy) is 1. The fourth-order valence-corrected chi connectivity index (χ4v) is 3.44. The number of nitrogens with one attached hydrogen (secondary N) is 2. The normalized spacial score (nSPS) is 21.9. The maximum absolute atomic E-state index is 12.1. The minimum absolute atomic E-state index is 0.0131. The van der Waals surface area contributed by atoms with Crippen LogP contribution >= 0.6 is 11.6 Å². The van der Waals surface area contributed by atoms with Crippen LogP contribution in [0.25, 0.3) is 0 Å². The maximum Gasteiger partial charge on any atom is 0.315 e. The van der Waals surface area contributed by atoms with Gasteiger partial charge < -0.3 is 20.3 Å². The number of hydrogen-bond donors (Lipinski definition) is 2. The summed E-state index contributed by atoms with van der Waals surface area (Å²) in [5, 5.41) is 6.50. The lowest BCUT2D eigenvalue weighted by Crippen LogP contribution is -2.52. The van der Waals surface area contributed by atoms with E-state index < -0.39 is 0 Å². The molecule has 1 atom stereocenters. The summed E-state index contributed by atoms with van der Waals surface area (Å²) in [6, 6.07) is 7.24. The summed E-state index contributed by atoms with van der Waals surface area (Å²) in [4.78, 5) is 25.8. The fraction of sp³-hybridized carbons (Fsp3) is 0.556. The van der Waals surface area contributed by atoms with E-state index in [2.05, 4.69) is 10.6 Å². The maximum atomic E-state index is 12.1. The molecule has 25 heavy (non-hydrogen) atoms. The molecular formula is C18H24ClN3O3. The van der Waals surface area contributed by atoms with Crippen LogP contribution in [-0.4, -0.2) is 43.8 Å². The first-order valence-corrected chi connectivity index (χ1v) is 9.21. The lowest BCUT2D eigenvalue weighted by Gasteiger charge is -2.33. The number of hydrogen-bond acceptors (Lipinski definition) is 3. The van der Waals surface area contributed by atoms with Gasteiger partial charge in [-0.25, -0.2) is 4.79 Å². The summed E-state index contributed by atoms with van der Waals surface area (Å²) in [5.74, 6) is -0.0924. The van der Waals surface area contributed by atoms with Gasteiger partial charge in [0.1, 0.15) is 6.61 Å². The molecule has 0 aromatic heterocycles. The third-order valence-corrected chi connectivity index (χ3v) is 4.95. The van der Waals surface area contributed by atoms with Gasteiger partial charge in [0.2, 0.25) is 0 Å². The smallest absolute Gasteiger partial charge is 0.315 e. The predicted molar refractivity (Wildman–Crippen MR) is 97.0 cm³/mol. The minimum atomic E-state index is -0.231. The van der Waals surface area contributed by atoms with E-state index in [0.29, 0.717) is 18.1 Å². The Balaban J connectivity index is 1.48. The summed E-state index contributed by atoms with van der Waals surface area (Å²) in [5.41, 5.74) is 0.786. The summed E-state index contributed by atoms with van der Waals surface area (Å²) >= 11 is 5.90. The van der Waals surface area contributed by atoms with Gasteiger partial charge in [-0.3, -0.25) is 4.79 Å². The fourth-order valence-electron chi connectivity index (χ4n) is 3.31. The molecular weight excluding hydrogens is 342 g/mol. The van der Waals surface area contributed by atoms with Crippen molar-refractivity contribution in [2.45, 2.75) is 44.2 Å². The van der Waals surface area contributed by atoms with Crippen LogP contribution < -0.4 is 15.5 Å². The third kappa shape index (κ3) is 5.09. The SMILES string of the molecule is O=C(NCC1CN(c2ccc(Cl)cc2)C(=O)CO1)NC1CCCCC1. The van der Waals surface area contributed by atoms with Gasteiger partial charge in [-0.15, -0.1) is 0 Å². The van der Waals surface area contributed by atoms with Crippen molar-refractivity contribution in [2.24, 2.45) is 0 Å². The Bertz CT molecular complexity index is 602. The van der Waals surface area contributed by atoms with Gasteiger partial charge in [0, 0.05) is 23.3 Å². The standard InChI is InChI=1S/C18H24ClN3O3/c19-13-6-8-15(9-7-13)22-11-16(25-12-17(22)23)10-20-18(24)21-14-4-2-1-3-5-14/h6-9,14,16H,1-5,10-12H2,(H2,20,21,24). The Labute approximate surface area is 152 Å². The van der Waals surface area contributed by atoms with E-state index in [4.69, 9.17) is 16.3 Å². The molecule has 1 aliphatic carbocycles. The van der Waals surface area contributed by atoms with E-state index in [9.17, 15) is 9.59 Å². The number of urea groups is 1. The third-order valence-electron chi connectivity index (χ3n) is 4.70. The number of nitrogens with zero attached hydrogens (tertiary/aromatic N) is 1. The van der Waals surface area contributed by atoms with Crippen LogP contribution in [0.3, 0.4) is 0 Å². The Morgan fingerprint density at radius 2 is 1.92 bits per heavy atom. The number of morpholine rings is 1. The molecule has 2 aliphatic rings. The van der Waals surface area contributed by atoms with Crippen molar-refractivity contribution in [3.63, 3.8) is 0 Å². The van der Waals surface area contributed by atoms with Crippen LogP contribution in [0.4, 0.5) is 10.5 Å². The van der Waals surface area contributed by atoms with Crippen molar-refractivity contribution in [3.8, 4) is 0 Å². The van der Waals surface area contributed by atoms with E-state index in [1.54, 1.807) is 17.0 Å². The van der Waals surface area contributed by atoms with Gasteiger partial charge in [-0.05, 0) is 37.1 Å². The number of benzene rings is 1. The summed E-state index contributed by atoms with van der Waals surface area (Å²) in [6.45, 7) is 0.791. The second-order valence-corrected chi connectivity index (χ2v) is 7.04. The number of anilines is 1. The second-order valence-electron chi connectivity index (χ2n) is 6.60. The first-order valence-electron chi connectivity index (χ1n) is 8.84. The van der Waals surface area contributed by atoms with Crippen molar-refractivity contribution in [1.82, 2.24) is 10.6 Å². The number of halogens is 1. The van der Waals surface area contributed by atoms with Crippen LogP contribution in [0.15, 0.2) is 24.3 Å². The van der Waals surface area contributed by atoms with Gasteiger partial charge >= 0.3 is 6.03 Å². The summed E-state index contributed by atoms with van der Waals surface area (Å²) < 4.78 is 5.55. The molecule has 1 aromatic carbocycles. The van der Waals surface area contributed by atoms with Crippen molar-refractivity contribution in [1.29, 1.82) is 0 Å². The Kier molecular flexibility index (Phi) is 6.15. The zero-order chi connectivity index (χ0) is 17.6. The molecule has 1 saturated heterocycles. The number of rotatable bonds is 4. The molecule has 0 radical (unpaired) electrons. The minimum Gasteiger partial charge on any atom is -0.365 e. The molecule has 7 heteroatoms. The van der Waals surface area contributed by atoms with Gasteiger partial charge in [0.15, 0.2) is 0 Å². The second kappa shape index (κ2) is 8.54. The number of amides is 3. The van der Waals surface area contributed by atoms with Crippen LogP contribution in [0.1, 0.15) is 32.1 Å². The average molecular weight is 366 g/mol. The monoisotopic (exact) mass is 365 g/mol. The van der Waals surface area contributed by atoms with Crippen molar-refractivity contribution in [3.05, 3.63) is 29.3 Å². The van der Waals surface area contributed by atoms with Crippen molar-refractivity contribution in [2.75, 3.05) is 24.6 Å². The zero-order valence-electron chi connectivity index (χ0n) is 14.2. The molecule has 136 valence electrons.